The smallest absolute Gasteiger partial charge is 0.270 e. The monoisotopic (exact) mass is 1990 g/mol. The van der Waals surface area contributed by atoms with E-state index in [1.165, 1.54) is 257 Å². The minimum Gasteiger partial charge on any atom is -0.494 e. The Hall–Kier alpha value is -11.3. The second-order valence-corrected chi connectivity index (χ2v) is 45.8. The van der Waals surface area contributed by atoms with Gasteiger partial charge in [-0.2, -0.15) is 0 Å². The molecule has 6 heterocycles. The normalized spacial score (nSPS) is 14.9. The Morgan fingerprint density at radius 2 is 0.542 bits per heavy atom. The van der Waals surface area contributed by atoms with Crippen LogP contribution in [0, 0.1) is 35.8 Å². The average Bonchev–Trinajstić information content (AvgIpc) is 1.47. The molecule has 0 N–H and O–H groups in total. The first kappa shape index (κ1) is 101. The lowest BCUT2D eigenvalue weighted by Crippen LogP contribution is -2.29. The zero-order chi connectivity index (χ0) is 97.7. The minimum absolute atomic E-state index is 0.115. The third kappa shape index (κ3) is 21.2. The molecule has 0 spiro atoms. The van der Waals surface area contributed by atoms with Crippen LogP contribution in [0.1, 0.15) is 371 Å². The number of fused-ring (bicyclic) bond motifs is 17. The molecule has 0 aliphatic heterocycles. The molecule has 0 unspecified atom stereocenters. The number of unbranched alkanes of at least 4 members (excludes halogenated alkanes) is 36. The first-order chi connectivity index (χ1) is 70.0. The van der Waals surface area contributed by atoms with Gasteiger partial charge in [-0.1, -0.05) is 356 Å². The maximum Gasteiger partial charge on any atom is 0.270 e. The van der Waals surface area contributed by atoms with Crippen molar-refractivity contribution < 1.29 is 28.5 Å². The number of carbonyl (C=O) groups excluding carboxylic acids is 2. The van der Waals surface area contributed by atoms with Gasteiger partial charge in [-0.3, -0.25) is 9.59 Å². The molecule has 16 heteroatoms. The zero-order valence-corrected chi connectivity index (χ0v) is 88.2. The number of ketones is 2. The molecule has 0 atom stereocenters. The zero-order valence-electron chi connectivity index (χ0n) is 83.3. The SMILES string of the molecule is [C-]#[N+]C(C#N)=C1/C(=C/c2cc3sc4c(c3s2)C(c2ccc(OCCCCCCCCCCCC)cc2)(c2ccc(OCCCCCCCCCCCC)cc2)c2c-4sc3c4c(sc23)-c2sc3cc(/C=C5\C(=O)c6cc7ccccc7cc6\C5=C(\C#N)[N+]#[C-])sc3c2C4(c2ccc(OCCCCCCCCCCCC)cc2)c2ccc(OCCCCCCCCCCCC)cc2)C(=O)c2cc3ccccc3cc21. The van der Waals surface area contributed by atoms with Gasteiger partial charge >= 0.3 is 0 Å². The van der Waals surface area contributed by atoms with E-state index in [2.05, 4.69) is 159 Å². The van der Waals surface area contributed by atoms with Crippen molar-refractivity contribution in [2.45, 2.75) is 295 Å². The van der Waals surface area contributed by atoms with Gasteiger partial charge in [0, 0.05) is 74.8 Å². The van der Waals surface area contributed by atoms with Crippen molar-refractivity contribution in [2.24, 2.45) is 0 Å². The van der Waals surface area contributed by atoms with Crippen LogP contribution in [-0.4, -0.2) is 38.0 Å². The Morgan fingerprint density at radius 1 is 0.303 bits per heavy atom. The largest absolute Gasteiger partial charge is 0.494 e. The lowest BCUT2D eigenvalue weighted by atomic mass is 9.67. The molecule has 4 aliphatic rings. The van der Waals surface area contributed by atoms with Crippen LogP contribution in [0.15, 0.2) is 205 Å². The number of hydrogen-bond acceptors (Lipinski definition) is 14. The summed E-state index contributed by atoms with van der Waals surface area (Å²) in [4.78, 5) is 44.8. The van der Waals surface area contributed by atoms with Crippen molar-refractivity contribution in [3.63, 3.8) is 0 Å². The molecule has 6 aromatic heterocycles. The van der Waals surface area contributed by atoms with Crippen molar-refractivity contribution >= 4 is 153 Å². The molecular formula is C126H132N4O6S6. The molecule has 0 fully saturated rings. The number of thiophene rings is 6. The summed E-state index contributed by atoms with van der Waals surface area (Å²) in [6.07, 6.45) is 53.4. The Balaban J connectivity index is 0.810. The fourth-order valence-electron chi connectivity index (χ4n) is 22.4. The summed E-state index contributed by atoms with van der Waals surface area (Å²) in [5.74, 6) is 2.88. The number of ether oxygens (including phenoxy) is 4. The van der Waals surface area contributed by atoms with Gasteiger partial charge in [0.1, 0.15) is 23.0 Å². The number of Topliss-reactive ketones (excluding diaryl/α,β-unsaturated/α-hetero) is 2. The summed E-state index contributed by atoms with van der Waals surface area (Å²) in [6, 6.07) is 68.9. The molecular weight excluding hydrogens is 1860 g/mol. The number of nitriles is 2. The third-order valence-electron chi connectivity index (χ3n) is 29.7. The number of allylic oxidation sites excluding steroid dienone is 6. The summed E-state index contributed by atoms with van der Waals surface area (Å²) in [7, 11) is 0. The molecule has 18 rings (SSSR count). The first-order valence-corrected chi connectivity index (χ1v) is 58.2. The summed E-state index contributed by atoms with van der Waals surface area (Å²) in [5, 5.41) is 25.3. The van der Waals surface area contributed by atoms with Crippen LogP contribution in [0.25, 0.3) is 102 Å². The number of benzene rings is 8. The van der Waals surface area contributed by atoms with Gasteiger partial charge in [-0.25, -0.2) is 20.2 Å². The molecule has 0 bridgehead atoms. The van der Waals surface area contributed by atoms with Crippen LogP contribution >= 0.6 is 68.0 Å². The average molecular weight is 1990 g/mol. The van der Waals surface area contributed by atoms with Crippen LogP contribution < -0.4 is 18.9 Å². The number of carbonyl (C=O) groups is 2. The van der Waals surface area contributed by atoms with E-state index < -0.39 is 10.8 Å². The van der Waals surface area contributed by atoms with E-state index in [1.54, 1.807) is 45.3 Å². The third-order valence-corrected chi connectivity index (χ3v) is 37.3. The van der Waals surface area contributed by atoms with Crippen molar-refractivity contribution in [1.29, 1.82) is 10.5 Å². The maximum absolute atomic E-state index is 15.3. The fraction of sp³-hybridized carbons (Fsp3) is 0.397. The summed E-state index contributed by atoms with van der Waals surface area (Å²) >= 11 is 10.8. The highest BCUT2D eigenvalue weighted by Gasteiger charge is 2.57. The minimum atomic E-state index is -0.984. The molecule has 10 nitrogen and oxygen atoms in total. The summed E-state index contributed by atoms with van der Waals surface area (Å²) in [6.45, 7) is 28.5. The van der Waals surface area contributed by atoms with Gasteiger partial charge in [-0.05, 0) is 178 Å². The van der Waals surface area contributed by atoms with E-state index >= 15 is 9.59 Å². The van der Waals surface area contributed by atoms with Crippen molar-refractivity contribution in [3.8, 4) is 54.6 Å². The molecule has 728 valence electrons. The van der Waals surface area contributed by atoms with E-state index in [-0.39, 0.29) is 23.0 Å². The highest BCUT2D eigenvalue weighted by atomic mass is 32.1. The van der Waals surface area contributed by atoms with Gasteiger partial charge in [-0.15, -0.1) is 68.0 Å². The first-order valence-electron chi connectivity index (χ1n) is 53.3. The van der Waals surface area contributed by atoms with Crippen LogP contribution in [-0.2, 0) is 10.8 Å². The Labute approximate surface area is 864 Å². The van der Waals surface area contributed by atoms with E-state index in [4.69, 9.17) is 32.1 Å². The molecule has 4 aliphatic carbocycles. The van der Waals surface area contributed by atoms with Crippen LogP contribution in [0.2, 0.25) is 0 Å². The molecule has 142 heavy (non-hydrogen) atoms. The Morgan fingerprint density at radius 3 is 0.796 bits per heavy atom. The molecule has 0 amide bonds. The molecule has 0 saturated carbocycles. The fourth-order valence-corrected chi connectivity index (χ4v) is 31.2. The molecule has 0 radical (unpaired) electrons. The standard InChI is InChI=1S/C126H132N4O6S6/c1-7-11-15-19-23-27-31-35-39-47-71-133-93-63-55-89(56-64-93)125(90-57-65-94(66-58-90)134-72-48-40-36-32-28-24-20-16-12-8-2)111-117-107(81-97(137-117)79-103-109(105(83-127)129-5)99-75-85-51-43-45-53-87(85)77-101(99)115(103)131)139-119(111)121-113(125)123-124(141-121)114-122(142-123)120-112(118-108(140-120)82-98(138-118)80-104-110(106(84-128)130-6)100-76-86-52-44-46-54-88(86)78-102(100)116(104)132)126(114,91-59-67-95(68-60-91)135-73-49-41-37-33-29-25-21-17-13-9-3)92-61-69-96(70-62-92)136-74-50-42-38-34-30-26-22-18-14-10-4/h43-46,51-70,75-82H,7-42,47-50,71-74H2,1-4H3/b103-79-,104-80-,109-105+,110-106?. The van der Waals surface area contributed by atoms with Crippen molar-refractivity contribution in [3.05, 3.63) is 304 Å². The molecule has 8 aromatic carbocycles. The second-order valence-electron chi connectivity index (χ2n) is 39.4. The molecule has 0 saturated heterocycles. The second kappa shape index (κ2) is 48.4. The number of rotatable bonds is 54. The Bertz CT molecular complexity index is 6550. The molecule has 14 aromatic rings. The number of hydrogen-bond donors (Lipinski definition) is 0. The maximum atomic E-state index is 15.3. The van der Waals surface area contributed by atoms with Gasteiger partial charge < -0.3 is 18.9 Å². The van der Waals surface area contributed by atoms with E-state index in [9.17, 15) is 10.5 Å². The van der Waals surface area contributed by atoms with Gasteiger partial charge in [0.15, 0.2) is 11.6 Å². The van der Waals surface area contributed by atoms with E-state index in [1.807, 2.05) is 108 Å². The van der Waals surface area contributed by atoms with E-state index in [0.29, 0.717) is 71.0 Å². The van der Waals surface area contributed by atoms with Gasteiger partial charge in [0.25, 0.3) is 11.4 Å². The quantitative estimate of drug-likeness (QED) is 0.0160. The van der Waals surface area contributed by atoms with Crippen molar-refractivity contribution in [2.75, 3.05) is 26.4 Å². The number of nitrogens with zero attached hydrogens (tertiary/aromatic N) is 4. The van der Waals surface area contributed by atoms with Crippen LogP contribution in [0.3, 0.4) is 0 Å². The highest BCUT2D eigenvalue weighted by Crippen LogP contribution is 2.73. The predicted octanol–water partition coefficient (Wildman–Crippen LogP) is 38.6. The van der Waals surface area contributed by atoms with E-state index in [0.717, 1.165) is 147 Å². The highest BCUT2D eigenvalue weighted by molar-refractivity contribution is 7.37. The van der Waals surface area contributed by atoms with Crippen molar-refractivity contribution in [1.82, 2.24) is 0 Å². The van der Waals surface area contributed by atoms with Gasteiger partial charge in [0.2, 0.25) is 0 Å². The predicted molar refractivity (Wildman–Crippen MR) is 601 cm³/mol. The summed E-state index contributed by atoms with van der Waals surface area (Å²) in [5.41, 5.74) is 10.6. The Kier molecular flexibility index (Phi) is 34.4. The lowest BCUT2D eigenvalue weighted by Gasteiger charge is -2.34. The van der Waals surface area contributed by atoms with Gasteiger partial charge in [0.05, 0.1) is 101 Å². The van der Waals surface area contributed by atoms with Crippen LogP contribution in [0.5, 0.6) is 23.0 Å². The van der Waals surface area contributed by atoms with Crippen LogP contribution in [0.4, 0.5) is 0 Å². The lowest BCUT2D eigenvalue weighted by molar-refractivity contribution is 0.103. The topological polar surface area (TPSA) is 127 Å². The summed E-state index contributed by atoms with van der Waals surface area (Å²) < 4.78 is 34.1.